The first-order valence-electron chi connectivity index (χ1n) is 15.7. The quantitative estimate of drug-likeness (QED) is 0.137. The van der Waals surface area contributed by atoms with Crippen LogP contribution < -0.4 is 10.6 Å². The van der Waals surface area contributed by atoms with Gasteiger partial charge < -0.3 is 10.6 Å². The molecule has 0 saturated heterocycles. The normalized spacial score (nSPS) is 14.9. The van der Waals surface area contributed by atoms with E-state index in [0.29, 0.717) is 37.0 Å². The molecule has 0 aliphatic heterocycles. The average Bonchev–Trinajstić information content (AvgIpc) is 3.62. The summed E-state index contributed by atoms with van der Waals surface area (Å²) >= 11 is 0. The fourth-order valence-corrected chi connectivity index (χ4v) is 6.25. The average molecular weight is 684 g/mol. The Bertz CT molecular complexity index is 1970. The second-order valence-corrected chi connectivity index (χ2v) is 12.7. The third-order valence-corrected chi connectivity index (χ3v) is 8.74. The van der Waals surface area contributed by atoms with Gasteiger partial charge in [-0.15, -0.1) is 0 Å². The highest BCUT2D eigenvalue weighted by Gasteiger charge is 2.34. The minimum atomic E-state index is -4.94. The SMILES string of the molecule is CC(=O)[C@@H](CC(=O)c1ccc2c(c1C)CC[C@@H]2NC(=O)c1cc(C(=O)NCc2ccc(F)c(C(F)(F)F)c2)nc2c(F)cnn12)CC(C)C. The van der Waals surface area contributed by atoms with Gasteiger partial charge in [0.05, 0.1) is 17.8 Å². The summed E-state index contributed by atoms with van der Waals surface area (Å²) in [6.07, 6.45) is -2.34. The van der Waals surface area contributed by atoms with Crippen LogP contribution in [0.1, 0.15) is 105 Å². The van der Waals surface area contributed by atoms with Gasteiger partial charge in [0.25, 0.3) is 11.8 Å². The van der Waals surface area contributed by atoms with Crippen LogP contribution >= 0.6 is 0 Å². The number of ketones is 2. The van der Waals surface area contributed by atoms with Gasteiger partial charge in [-0.3, -0.25) is 19.2 Å². The first-order chi connectivity index (χ1) is 23.0. The van der Waals surface area contributed by atoms with Crippen molar-refractivity contribution in [2.45, 2.75) is 72.1 Å². The number of hydrogen-bond acceptors (Lipinski definition) is 6. The van der Waals surface area contributed by atoms with E-state index in [1.165, 1.54) is 6.92 Å². The molecule has 0 bridgehead atoms. The van der Waals surface area contributed by atoms with Crippen molar-refractivity contribution in [1.29, 1.82) is 0 Å². The van der Waals surface area contributed by atoms with Gasteiger partial charge in [0.15, 0.2) is 17.2 Å². The van der Waals surface area contributed by atoms with Gasteiger partial charge in [-0.25, -0.2) is 18.3 Å². The number of halogens is 5. The molecule has 2 aromatic carbocycles. The molecule has 0 spiro atoms. The zero-order valence-electron chi connectivity index (χ0n) is 27.2. The molecule has 0 radical (unpaired) electrons. The Kier molecular flexibility index (Phi) is 9.97. The molecule has 2 aromatic heterocycles. The van der Waals surface area contributed by atoms with Gasteiger partial charge in [-0.1, -0.05) is 32.0 Å². The van der Waals surface area contributed by atoms with Gasteiger partial charge >= 0.3 is 6.18 Å². The van der Waals surface area contributed by atoms with Crippen molar-refractivity contribution >= 4 is 29.0 Å². The maximum absolute atomic E-state index is 14.6. The summed E-state index contributed by atoms with van der Waals surface area (Å²) in [6, 6.07) is 6.34. The van der Waals surface area contributed by atoms with Crippen molar-refractivity contribution in [3.63, 3.8) is 0 Å². The Morgan fingerprint density at radius 3 is 2.43 bits per heavy atom. The molecule has 4 aromatic rings. The number of carbonyl (C=O) groups excluding carboxylic acids is 4. The van der Waals surface area contributed by atoms with Gasteiger partial charge in [0.2, 0.25) is 0 Å². The van der Waals surface area contributed by atoms with Crippen molar-refractivity contribution in [2.75, 3.05) is 0 Å². The molecule has 2 amide bonds. The number of amides is 2. The lowest BCUT2D eigenvalue weighted by atomic mass is 9.86. The molecule has 0 saturated carbocycles. The molecule has 2 heterocycles. The highest BCUT2D eigenvalue weighted by atomic mass is 19.4. The van der Waals surface area contributed by atoms with Crippen LogP contribution in [0.25, 0.3) is 5.65 Å². The molecule has 5 rings (SSSR count). The van der Waals surface area contributed by atoms with E-state index >= 15 is 0 Å². The lowest BCUT2D eigenvalue weighted by Crippen LogP contribution is -2.31. The van der Waals surface area contributed by atoms with Crippen LogP contribution in [-0.4, -0.2) is 38.0 Å². The van der Waals surface area contributed by atoms with Crippen molar-refractivity contribution in [3.8, 4) is 0 Å². The highest BCUT2D eigenvalue weighted by Crippen LogP contribution is 2.36. The number of rotatable bonds is 11. The minimum absolute atomic E-state index is 0.0287. The molecule has 49 heavy (non-hydrogen) atoms. The maximum Gasteiger partial charge on any atom is 0.419 e. The van der Waals surface area contributed by atoms with E-state index in [2.05, 4.69) is 20.7 Å². The van der Waals surface area contributed by atoms with Gasteiger partial charge in [0, 0.05) is 30.5 Å². The number of alkyl halides is 3. The number of aromatic nitrogens is 3. The summed E-state index contributed by atoms with van der Waals surface area (Å²) in [5.41, 5.74) is 0.397. The first kappa shape index (κ1) is 35.3. The van der Waals surface area contributed by atoms with Crippen molar-refractivity contribution in [2.24, 2.45) is 11.8 Å². The second-order valence-electron chi connectivity index (χ2n) is 12.7. The van der Waals surface area contributed by atoms with E-state index in [-0.39, 0.29) is 41.1 Å². The van der Waals surface area contributed by atoms with Crippen LogP contribution in [0.4, 0.5) is 22.0 Å². The third kappa shape index (κ3) is 7.52. The number of benzene rings is 2. The predicted molar refractivity (Wildman–Crippen MR) is 168 cm³/mol. The summed E-state index contributed by atoms with van der Waals surface area (Å²) in [4.78, 5) is 56.0. The molecule has 0 unspecified atom stereocenters. The van der Waals surface area contributed by atoms with E-state index in [4.69, 9.17) is 0 Å². The predicted octanol–water partition coefficient (Wildman–Crippen LogP) is 6.51. The summed E-state index contributed by atoms with van der Waals surface area (Å²) < 4.78 is 68.6. The Balaban J connectivity index is 1.35. The number of fused-ring (bicyclic) bond motifs is 2. The van der Waals surface area contributed by atoms with E-state index in [1.807, 2.05) is 20.8 Å². The lowest BCUT2D eigenvalue weighted by Gasteiger charge is -2.18. The van der Waals surface area contributed by atoms with Crippen LogP contribution in [0.3, 0.4) is 0 Å². The van der Waals surface area contributed by atoms with Crippen molar-refractivity contribution in [1.82, 2.24) is 25.2 Å². The molecule has 14 heteroatoms. The van der Waals surface area contributed by atoms with Gasteiger partial charge in [0.1, 0.15) is 23.0 Å². The fourth-order valence-electron chi connectivity index (χ4n) is 6.25. The first-order valence-corrected chi connectivity index (χ1v) is 15.7. The Labute approximate surface area is 278 Å². The fraction of sp³-hybridized carbons (Fsp3) is 0.371. The number of nitrogens with zero attached hydrogens (tertiary/aromatic N) is 3. The van der Waals surface area contributed by atoms with Crippen LogP contribution in [0, 0.1) is 30.4 Å². The number of nitrogens with one attached hydrogen (secondary N) is 2. The van der Waals surface area contributed by atoms with Crippen LogP contribution in [0.2, 0.25) is 0 Å². The standard InChI is InChI=1S/C35H34F5N5O4/c1-17(2)11-21(19(4)46)13-31(47)23-6-7-24-22(18(23)3)8-10-28(24)44-34(49)30-14-29(43-32-27(37)16-42-45(30)32)33(48)41-15-20-5-9-26(36)25(12-20)35(38,39)40/h5-7,9,12,14,16-17,21,28H,8,10-11,13,15H2,1-4H3,(H,41,48)(H,44,49)/t21-,28+/m1/s1. The highest BCUT2D eigenvalue weighted by molar-refractivity contribution is 6.00. The zero-order valence-corrected chi connectivity index (χ0v) is 27.2. The molecular weight excluding hydrogens is 649 g/mol. The molecule has 9 nitrogen and oxygen atoms in total. The Morgan fingerprint density at radius 2 is 1.76 bits per heavy atom. The summed E-state index contributed by atoms with van der Waals surface area (Å²) in [6.45, 7) is 6.89. The zero-order chi connectivity index (χ0) is 35.8. The Morgan fingerprint density at radius 1 is 1.02 bits per heavy atom. The topological polar surface area (TPSA) is 123 Å². The monoisotopic (exact) mass is 683 g/mol. The molecule has 2 atom stereocenters. The number of hydrogen-bond donors (Lipinski definition) is 2. The molecule has 1 aliphatic carbocycles. The Hall–Kier alpha value is -5.01. The molecule has 2 N–H and O–H groups in total. The summed E-state index contributed by atoms with van der Waals surface area (Å²) in [5.74, 6) is -4.27. The largest absolute Gasteiger partial charge is 0.419 e. The van der Waals surface area contributed by atoms with E-state index in [0.717, 1.165) is 39.5 Å². The van der Waals surface area contributed by atoms with Gasteiger partial charge in [-0.05, 0) is 73.4 Å². The smallest absolute Gasteiger partial charge is 0.347 e. The molecular formula is C35H34F5N5O4. The minimum Gasteiger partial charge on any atom is -0.347 e. The van der Waals surface area contributed by atoms with Crippen LogP contribution in [0.15, 0.2) is 42.6 Å². The van der Waals surface area contributed by atoms with Crippen LogP contribution in [0.5, 0.6) is 0 Å². The third-order valence-electron chi connectivity index (χ3n) is 8.74. The summed E-state index contributed by atoms with van der Waals surface area (Å²) in [7, 11) is 0. The van der Waals surface area contributed by atoms with Crippen molar-refractivity contribution in [3.05, 3.63) is 99.0 Å². The van der Waals surface area contributed by atoms with E-state index in [9.17, 15) is 41.1 Å². The molecule has 258 valence electrons. The summed E-state index contributed by atoms with van der Waals surface area (Å²) in [5, 5.41) is 9.14. The number of Topliss-reactive ketones (excluding diaryl/α,β-unsaturated/α-hetero) is 2. The second kappa shape index (κ2) is 13.8. The van der Waals surface area contributed by atoms with E-state index in [1.54, 1.807) is 12.1 Å². The molecule has 0 fully saturated rings. The van der Waals surface area contributed by atoms with Gasteiger partial charge in [-0.2, -0.15) is 18.3 Å². The molecule has 1 aliphatic rings. The van der Waals surface area contributed by atoms with Crippen LogP contribution in [-0.2, 0) is 23.9 Å². The van der Waals surface area contributed by atoms with E-state index < -0.39 is 59.1 Å². The van der Waals surface area contributed by atoms with Crippen molar-refractivity contribution < 1.29 is 41.1 Å². The maximum atomic E-state index is 14.6. The lowest BCUT2D eigenvalue weighted by molar-refractivity contribution is -0.140. The number of carbonyl (C=O) groups is 4.